The first-order valence-electron chi connectivity index (χ1n) is 5.58. The number of hydrogen-bond acceptors (Lipinski definition) is 3. The molecule has 0 aromatic heterocycles. The van der Waals surface area contributed by atoms with Crippen LogP contribution in [0.15, 0.2) is 24.3 Å². The lowest BCUT2D eigenvalue weighted by Gasteiger charge is -2.18. The second-order valence-corrected chi connectivity index (χ2v) is 5.51. The zero-order valence-corrected chi connectivity index (χ0v) is 10.3. The normalized spacial score (nSPS) is 24.0. The van der Waals surface area contributed by atoms with E-state index in [1.54, 1.807) is 12.1 Å². The van der Waals surface area contributed by atoms with Crippen molar-refractivity contribution in [3.05, 3.63) is 24.3 Å². The Morgan fingerprint density at radius 3 is 2.94 bits per heavy atom. The molecule has 2 rings (SSSR count). The van der Waals surface area contributed by atoms with Gasteiger partial charge in [0.2, 0.25) is 0 Å². The highest BCUT2D eigenvalue weighted by Crippen LogP contribution is 2.29. The van der Waals surface area contributed by atoms with Gasteiger partial charge in [0.1, 0.15) is 5.75 Å². The first-order valence-corrected chi connectivity index (χ1v) is 6.63. The molecule has 1 fully saturated rings. The van der Waals surface area contributed by atoms with Gasteiger partial charge in [-0.25, -0.2) is 0 Å². The van der Waals surface area contributed by atoms with Crippen molar-refractivity contribution in [2.24, 2.45) is 0 Å². The van der Waals surface area contributed by atoms with Gasteiger partial charge in [-0.05, 0) is 24.3 Å². The maximum atomic E-state index is 12.1. The van der Waals surface area contributed by atoms with E-state index in [1.807, 2.05) is 17.8 Å². The van der Waals surface area contributed by atoms with Gasteiger partial charge in [-0.15, -0.1) is 0 Å². The Labute approximate surface area is 104 Å². The van der Waals surface area contributed by atoms with Crippen LogP contribution in [0.5, 0.6) is 5.75 Å². The lowest BCUT2D eigenvalue weighted by atomic mass is 10.1. The molecular formula is C12H15F2NOS. The Morgan fingerprint density at radius 1 is 1.47 bits per heavy atom. The molecule has 1 aromatic carbocycles. The summed E-state index contributed by atoms with van der Waals surface area (Å²) in [6.07, 6.45) is 1.10. The summed E-state index contributed by atoms with van der Waals surface area (Å²) in [6, 6.07) is 7.13. The highest BCUT2D eigenvalue weighted by atomic mass is 32.2. The third kappa shape index (κ3) is 3.49. The van der Waals surface area contributed by atoms with E-state index in [2.05, 4.69) is 17.0 Å². The van der Waals surface area contributed by atoms with Gasteiger partial charge in [0, 0.05) is 23.0 Å². The van der Waals surface area contributed by atoms with Crippen molar-refractivity contribution in [3.8, 4) is 5.75 Å². The number of rotatable bonds is 4. The summed E-state index contributed by atoms with van der Waals surface area (Å²) >= 11 is 1.93. The first kappa shape index (κ1) is 12.5. The Morgan fingerprint density at radius 2 is 2.29 bits per heavy atom. The van der Waals surface area contributed by atoms with Crippen LogP contribution in [-0.2, 0) is 0 Å². The molecule has 0 amide bonds. The van der Waals surface area contributed by atoms with Gasteiger partial charge >= 0.3 is 6.61 Å². The third-order valence-electron chi connectivity index (χ3n) is 2.79. The number of anilines is 1. The summed E-state index contributed by atoms with van der Waals surface area (Å²) in [5.41, 5.74) is 0.836. The van der Waals surface area contributed by atoms with Crippen LogP contribution in [0, 0.1) is 0 Å². The SMILES string of the molecule is CC1SCCC1Nc1cccc(OC(F)F)c1. The summed E-state index contributed by atoms with van der Waals surface area (Å²) in [5, 5.41) is 3.91. The predicted molar refractivity (Wildman–Crippen MR) is 67.0 cm³/mol. The maximum Gasteiger partial charge on any atom is 0.387 e. The van der Waals surface area contributed by atoms with Gasteiger partial charge in [0.25, 0.3) is 0 Å². The van der Waals surface area contributed by atoms with Crippen LogP contribution < -0.4 is 10.1 Å². The Bertz CT molecular complexity index is 375. The molecule has 2 unspecified atom stereocenters. The second-order valence-electron chi connectivity index (χ2n) is 4.02. The van der Waals surface area contributed by atoms with E-state index in [0.29, 0.717) is 11.3 Å². The van der Waals surface area contributed by atoms with Gasteiger partial charge in [0.15, 0.2) is 0 Å². The molecule has 1 heterocycles. The highest BCUT2D eigenvalue weighted by Gasteiger charge is 2.23. The van der Waals surface area contributed by atoms with Crippen molar-refractivity contribution < 1.29 is 13.5 Å². The molecule has 0 spiro atoms. The van der Waals surface area contributed by atoms with Crippen LogP contribution in [0.4, 0.5) is 14.5 Å². The molecular weight excluding hydrogens is 244 g/mol. The third-order valence-corrected chi connectivity index (χ3v) is 4.11. The predicted octanol–water partition coefficient (Wildman–Crippen LogP) is 3.59. The summed E-state index contributed by atoms with van der Waals surface area (Å²) in [6.45, 7) is -0.597. The maximum absolute atomic E-state index is 12.1. The minimum absolute atomic E-state index is 0.198. The van der Waals surface area contributed by atoms with E-state index in [0.717, 1.165) is 17.9 Å². The van der Waals surface area contributed by atoms with Crippen molar-refractivity contribution in [3.63, 3.8) is 0 Å². The highest BCUT2D eigenvalue weighted by molar-refractivity contribution is 8.00. The van der Waals surface area contributed by atoms with Crippen LogP contribution >= 0.6 is 11.8 Å². The second kappa shape index (κ2) is 5.58. The molecule has 1 aliphatic heterocycles. The molecule has 1 aliphatic rings. The lowest BCUT2D eigenvalue weighted by molar-refractivity contribution is -0.0498. The number of halogens is 2. The van der Waals surface area contributed by atoms with Crippen molar-refractivity contribution >= 4 is 17.4 Å². The number of alkyl halides is 2. The monoisotopic (exact) mass is 259 g/mol. The number of benzene rings is 1. The number of ether oxygens (including phenoxy) is 1. The van der Waals surface area contributed by atoms with Gasteiger partial charge in [-0.3, -0.25) is 0 Å². The van der Waals surface area contributed by atoms with E-state index in [9.17, 15) is 8.78 Å². The van der Waals surface area contributed by atoms with E-state index in [1.165, 1.54) is 6.07 Å². The molecule has 94 valence electrons. The summed E-state index contributed by atoms with van der Waals surface area (Å²) in [7, 11) is 0. The fraction of sp³-hybridized carbons (Fsp3) is 0.500. The van der Waals surface area contributed by atoms with Gasteiger partial charge in [0.05, 0.1) is 0 Å². The molecule has 0 bridgehead atoms. The number of nitrogens with one attached hydrogen (secondary N) is 1. The molecule has 2 nitrogen and oxygen atoms in total. The molecule has 0 saturated carbocycles. The molecule has 0 aliphatic carbocycles. The van der Waals surface area contributed by atoms with E-state index < -0.39 is 6.61 Å². The molecule has 1 aromatic rings. The van der Waals surface area contributed by atoms with Gasteiger partial charge < -0.3 is 10.1 Å². The van der Waals surface area contributed by atoms with Crippen LogP contribution in [0.2, 0.25) is 0 Å². The zero-order valence-electron chi connectivity index (χ0n) is 9.53. The van der Waals surface area contributed by atoms with Crippen molar-refractivity contribution in [2.45, 2.75) is 31.2 Å². The minimum atomic E-state index is -2.77. The average Bonchev–Trinajstić information content (AvgIpc) is 2.64. The van der Waals surface area contributed by atoms with Crippen LogP contribution in [0.1, 0.15) is 13.3 Å². The van der Waals surface area contributed by atoms with E-state index in [-0.39, 0.29) is 5.75 Å². The quantitative estimate of drug-likeness (QED) is 0.892. The minimum Gasteiger partial charge on any atom is -0.435 e. The molecule has 2 atom stereocenters. The van der Waals surface area contributed by atoms with Crippen LogP contribution in [0.3, 0.4) is 0 Å². The largest absolute Gasteiger partial charge is 0.435 e. The molecule has 17 heavy (non-hydrogen) atoms. The topological polar surface area (TPSA) is 21.3 Å². The first-order chi connectivity index (χ1) is 8.15. The Kier molecular flexibility index (Phi) is 4.10. The Hall–Kier alpha value is -0.970. The summed E-state index contributed by atoms with van der Waals surface area (Å²) < 4.78 is 28.5. The van der Waals surface area contributed by atoms with Crippen molar-refractivity contribution in [1.29, 1.82) is 0 Å². The smallest absolute Gasteiger partial charge is 0.387 e. The Balaban J connectivity index is 2.00. The fourth-order valence-electron chi connectivity index (χ4n) is 1.90. The number of thioether (sulfide) groups is 1. The standard InChI is InChI=1S/C12H15F2NOS/c1-8-11(5-6-17-8)15-9-3-2-4-10(7-9)16-12(13)14/h2-4,7-8,11-12,15H,5-6H2,1H3. The van der Waals surface area contributed by atoms with Crippen LogP contribution in [-0.4, -0.2) is 23.7 Å². The van der Waals surface area contributed by atoms with Crippen LogP contribution in [0.25, 0.3) is 0 Å². The fourth-order valence-corrected chi connectivity index (χ4v) is 3.10. The van der Waals surface area contributed by atoms with E-state index in [4.69, 9.17) is 0 Å². The molecule has 5 heteroatoms. The average molecular weight is 259 g/mol. The zero-order chi connectivity index (χ0) is 12.3. The summed E-state index contributed by atoms with van der Waals surface area (Å²) in [5.74, 6) is 1.34. The number of hydrogen-bond donors (Lipinski definition) is 1. The van der Waals surface area contributed by atoms with Crippen molar-refractivity contribution in [2.75, 3.05) is 11.1 Å². The van der Waals surface area contributed by atoms with Gasteiger partial charge in [-0.2, -0.15) is 20.5 Å². The summed E-state index contributed by atoms with van der Waals surface area (Å²) in [4.78, 5) is 0. The molecule has 1 saturated heterocycles. The van der Waals surface area contributed by atoms with E-state index >= 15 is 0 Å². The van der Waals surface area contributed by atoms with Gasteiger partial charge in [-0.1, -0.05) is 13.0 Å². The molecule has 1 N–H and O–H groups in total. The molecule has 0 radical (unpaired) electrons. The lowest BCUT2D eigenvalue weighted by Crippen LogP contribution is -2.24. The van der Waals surface area contributed by atoms with Crippen molar-refractivity contribution in [1.82, 2.24) is 0 Å².